The van der Waals surface area contributed by atoms with Gasteiger partial charge in [-0.15, -0.1) is 0 Å². The summed E-state index contributed by atoms with van der Waals surface area (Å²) in [4.78, 5) is 0. The van der Waals surface area contributed by atoms with E-state index >= 15 is 0 Å². The molecular formula is C18H31N. The van der Waals surface area contributed by atoms with Gasteiger partial charge >= 0.3 is 0 Å². The van der Waals surface area contributed by atoms with E-state index in [0.29, 0.717) is 6.04 Å². The summed E-state index contributed by atoms with van der Waals surface area (Å²) < 4.78 is 0. The quantitative estimate of drug-likeness (QED) is 0.677. The number of rotatable bonds is 8. The van der Waals surface area contributed by atoms with E-state index in [1.807, 2.05) is 0 Å². The molecule has 0 aliphatic rings. The summed E-state index contributed by atoms with van der Waals surface area (Å²) in [5, 5.41) is 3.66. The van der Waals surface area contributed by atoms with Crippen molar-refractivity contribution in [2.75, 3.05) is 6.54 Å². The highest BCUT2D eigenvalue weighted by molar-refractivity contribution is 5.29. The third-order valence-electron chi connectivity index (χ3n) is 4.20. The smallest absolute Gasteiger partial charge is 0.0320 e. The zero-order chi connectivity index (χ0) is 14.3. The lowest BCUT2D eigenvalue weighted by Gasteiger charge is -2.25. The highest BCUT2D eigenvalue weighted by atomic mass is 14.9. The van der Waals surface area contributed by atoms with Crippen LogP contribution in [0.15, 0.2) is 24.3 Å². The van der Waals surface area contributed by atoms with Crippen LogP contribution in [0.1, 0.15) is 77.5 Å². The van der Waals surface area contributed by atoms with Crippen molar-refractivity contribution in [3.05, 3.63) is 35.4 Å². The Bertz CT molecular complexity index is 350. The van der Waals surface area contributed by atoms with Gasteiger partial charge in [0.05, 0.1) is 0 Å². The van der Waals surface area contributed by atoms with Crippen molar-refractivity contribution in [2.45, 2.75) is 71.8 Å². The second kappa shape index (κ2) is 7.69. The third kappa shape index (κ3) is 4.65. The maximum Gasteiger partial charge on any atom is 0.0320 e. The second-order valence-electron chi connectivity index (χ2n) is 6.15. The van der Waals surface area contributed by atoms with Crippen LogP contribution in [0.3, 0.4) is 0 Å². The summed E-state index contributed by atoms with van der Waals surface area (Å²) in [5.41, 5.74) is 3.17. The predicted octanol–water partition coefficient (Wildman–Crippen LogP) is 5.22. The molecule has 1 nitrogen and oxygen atoms in total. The van der Waals surface area contributed by atoms with E-state index in [1.54, 1.807) is 0 Å². The van der Waals surface area contributed by atoms with Gasteiger partial charge in [0, 0.05) is 6.04 Å². The van der Waals surface area contributed by atoms with E-state index in [1.165, 1.54) is 36.8 Å². The molecule has 0 amide bonds. The largest absolute Gasteiger partial charge is 0.310 e. The number of benzene rings is 1. The molecule has 0 bridgehead atoms. The van der Waals surface area contributed by atoms with Crippen molar-refractivity contribution in [3.8, 4) is 0 Å². The van der Waals surface area contributed by atoms with Gasteiger partial charge in [-0.2, -0.15) is 0 Å². The normalized spacial score (nSPS) is 13.5. The fourth-order valence-electron chi connectivity index (χ4n) is 2.36. The van der Waals surface area contributed by atoms with Crippen LogP contribution < -0.4 is 5.32 Å². The standard InChI is InChI=1S/C18H31N/c1-6-9-17(19-14-7-2)15-10-12-16(13-11-15)18(4,5)8-3/h10-13,17,19H,6-9,14H2,1-5H3. The average Bonchev–Trinajstić information content (AvgIpc) is 2.43. The predicted molar refractivity (Wildman–Crippen MR) is 85.7 cm³/mol. The first-order valence-corrected chi connectivity index (χ1v) is 7.89. The van der Waals surface area contributed by atoms with Gasteiger partial charge in [0.2, 0.25) is 0 Å². The minimum Gasteiger partial charge on any atom is -0.310 e. The topological polar surface area (TPSA) is 12.0 Å². The number of hydrogen-bond acceptors (Lipinski definition) is 1. The van der Waals surface area contributed by atoms with E-state index in [0.717, 1.165) is 6.54 Å². The van der Waals surface area contributed by atoms with Crippen LogP contribution >= 0.6 is 0 Å². The van der Waals surface area contributed by atoms with Crippen molar-refractivity contribution < 1.29 is 0 Å². The Morgan fingerprint density at radius 2 is 1.63 bits per heavy atom. The minimum atomic E-state index is 0.287. The lowest BCUT2D eigenvalue weighted by molar-refractivity contribution is 0.490. The maximum absolute atomic E-state index is 3.66. The molecule has 1 N–H and O–H groups in total. The van der Waals surface area contributed by atoms with E-state index in [2.05, 4.69) is 64.2 Å². The lowest BCUT2D eigenvalue weighted by Crippen LogP contribution is -2.22. The molecule has 0 heterocycles. The Hall–Kier alpha value is -0.820. The third-order valence-corrected chi connectivity index (χ3v) is 4.20. The van der Waals surface area contributed by atoms with E-state index < -0.39 is 0 Å². The highest BCUT2D eigenvalue weighted by Gasteiger charge is 2.18. The molecule has 1 rings (SSSR count). The van der Waals surface area contributed by atoms with Crippen molar-refractivity contribution in [2.24, 2.45) is 0 Å². The minimum absolute atomic E-state index is 0.287. The molecule has 1 aromatic carbocycles. The van der Waals surface area contributed by atoms with Gasteiger partial charge in [-0.1, -0.05) is 65.3 Å². The van der Waals surface area contributed by atoms with Gasteiger partial charge in [0.25, 0.3) is 0 Å². The van der Waals surface area contributed by atoms with E-state index in [9.17, 15) is 0 Å². The summed E-state index contributed by atoms with van der Waals surface area (Å²) >= 11 is 0. The summed E-state index contributed by atoms with van der Waals surface area (Å²) in [6.45, 7) is 12.5. The van der Waals surface area contributed by atoms with Gasteiger partial charge in [-0.25, -0.2) is 0 Å². The van der Waals surface area contributed by atoms with Gasteiger partial charge in [-0.05, 0) is 42.3 Å². The lowest BCUT2D eigenvalue weighted by atomic mass is 9.81. The van der Waals surface area contributed by atoms with Gasteiger partial charge in [0.1, 0.15) is 0 Å². The van der Waals surface area contributed by atoms with Crippen LogP contribution in [0.2, 0.25) is 0 Å². The van der Waals surface area contributed by atoms with Crippen LogP contribution in [0.4, 0.5) is 0 Å². The zero-order valence-electron chi connectivity index (χ0n) is 13.4. The molecule has 1 heteroatoms. The molecule has 1 atom stereocenters. The molecule has 0 saturated carbocycles. The summed E-state index contributed by atoms with van der Waals surface area (Å²) in [6, 6.07) is 9.78. The molecule has 0 aliphatic heterocycles. The average molecular weight is 261 g/mol. The Labute approximate surface area is 119 Å². The molecular weight excluding hydrogens is 230 g/mol. The summed E-state index contributed by atoms with van der Waals surface area (Å²) in [6.07, 6.45) is 4.82. The van der Waals surface area contributed by atoms with Crippen LogP contribution in [-0.4, -0.2) is 6.54 Å². The Kier molecular flexibility index (Phi) is 6.57. The van der Waals surface area contributed by atoms with Gasteiger partial charge in [0.15, 0.2) is 0 Å². The molecule has 0 aliphatic carbocycles. The van der Waals surface area contributed by atoms with Gasteiger partial charge < -0.3 is 5.32 Å². The molecule has 0 saturated heterocycles. The second-order valence-corrected chi connectivity index (χ2v) is 6.15. The van der Waals surface area contributed by atoms with Crippen molar-refractivity contribution in [3.63, 3.8) is 0 Å². The zero-order valence-corrected chi connectivity index (χ0v) is 13.4. The summed E-state index contributed by atoms with van der Waals surface area (Å²) in [7, 11) is 0. The van der Waals surface area contributed by atoms with Crippen LogP contribution in [0.25, 0.3) is 0 Å². The van der Waals surface area contributed by atoms with E-state index in [-0.39, 0.29) is 5.41 Å². The van der Waals surface area contributed by atoms with Crippen LogP contribution in [-0.2, 0) is 5.41 Å². The first-order valence-electron chi connectivity index (χ1n) is 7.89. The Morgan fingerprint density at radius 3 is 2.11 bits per heavy atom. The number of hydrogen-bond donors (Lipinski definition) is 1. The van der Waals surface area contributed by atoms with Crippen molar-refractivity contribution in [1.82, 2.24) is 5.32 Å². The fraction of sp³-hybridized carbons (Fsp3) is 0.667. The van der Waals surface area contributed by atoms with Crippen LogP contribution in [0, 0.1) is 0 Å². The van der Waals surface area contributed by atoms with Crippen molar-refractivity contribution in [1.29, 1.82) is 0 Å². The highest BCUT2D eigenvalue weighted by Crippen LogP contribution is 2.28. The molecule has 19 heavy (non-hydrogen) atoms. The van der Waals surface area contributed by atoms with Gasteiger partial charge in [-0.3, -0.25) is 0 Å². The van der Waals surface area contributed by atoms with Crippen molar-refractivity contribution >= 4 is 0 Å². The summed E-state index contributed by atoms with van der Waals surface area (Å²) in [5.74, 6) is 0. The monoisotopic (exact) mass is 261 g/mol. The fourth-order valence-corrected chi connectivity index (χ4v) is 2.36. The molecule has 1 aromatic rings. The molecule has 0 aromatic heterocycles. The van der Waals surface area contributed by atoms with Crippen LogP contribution in [0.5, 0.6) is 0 Å². The maximum atomic E-state index is 3.66. The number of nitrogens with one attached hydrogen (secondary N) is 1. The first kappa shape index (κ1) is 16.2. The molecule has 108 valence electrons. The molecule has 0 spiro atoms. The Balaban J connectivity index is 2.82. The molecule has 1 unspecified atom stereocenters. The molecule has 0 radical (unpaired) electrons. The SMILES string of the molecule is CCCNC(CCC)c1ccc(C(C)(C)CC)cc1. The van der Waals surface area contributed by atoms with E-state index in [4.69, 9.17) is 0 Å². The Morgan fingerprint density at radius 1 is 1.00 bits per heavy atom. The molecule has 0 fully saturated rings. The first-order chi connectivity index (χ1) is 9.05.